The highest BCUT2D eigenvalue weighted by molar-refractivity contribution is 5.94. The van der Waals surface area contributed by atoms with E-state index < -0.39 is 22.7 Å². The molecule has 3 heterocycles. The molecule has 0 bridgehead atoms. The maximum Gasteiger partial charge on any atom is 0.417 e. The van der Waals surface area contributed by atoms with Gasteiger partial charge in [-0.2, -0.15) is 18.4 Å². The molecule has 2 aliphatic rings. The molecule has 9 heteroatoms. The molecule has 0 radical (unpaired) electrons. The maximum absolute atomic E-state index is 13.4. The first-order valence-corrected chi connectivity index (χ1v) is 9.94. The van der Waals surface area contributed by atoms with Crippen LogP contribution in [-0.2, 0) is 6.18 Å². The first-order chi connectivity index (χ1) is 14.8. The number of piperidine rings is 1. The summed E-state index contributed by atoms with van der Waals surface area (Å²) in [5.41, 5.74) is -1.03. The number of aliphatic hydroxyl groups is 1. The third-order valence-electron chi connectivity index (χ3n) is 6.44. The zero-order chi connectivity index (χ0) is 22.2. The topological polar surface area (TPSA) is 80.5 Å². The molecule has 4 rings (SSSR count). The molecule has 0 saturated carbocycles. The predicted octanol–water partition coefficient (Wildman–Crippen LogP) is 2.93. The summed E-state index contributed by atoms with van der Waals surface area (Å²) in [5.74, 6) is -0.229. The highest BCUT2D eigenvalue weighted by atomic mass is 19.4. The van der Waals surface area contributed by atoms with Gasteiger partial charge in [0, 0.05) is 55.6 Å². The zero-order valence-electron chi connectivity index (χ0n) is 16.6. The van der Waals surface area contributed by atoms with Gasteiger partial charge in [-0.3, -0.25) is 9.78 Å². The number of carbonyl (C=O) groups is 1. The molecular weight excluding hydrogens is 409 g/mol. The molecule has 0 aliphatic carbocycles. The number of aliphatic hydroxyl groups excluding tert-OH is 1. The van der Waals surface area contributed by atoms with Gasteiger partial charge in [0.25, 0.3) is 5.91 Å². The molecule has 31 heavy (non-hydrogen) atoms. The summed E-state index contributed by atoms with van der Waals surface area (Å²) in [6.07, 6.45) is -0.980. The number of benzene rings is 1. The Morgan fingerprint density at radius 2 is 2.13 bits per heavy atom. The average Bonchev–Trinajstić information content (AvgIpc) is 3.17. The lowest BCUT2D eigenvalue weighted by Crippen LogP contribution is -2.50. The number of fused-ring (bicyclic) bond motifs is 1. The van der Waals surface area contributed by atoms with E-state index in [-0.39, 0.29) is 18.4 Å². The first kappa shape index (κ1) is 21.1. The van der Waals surface area contributed by atoms with Gasteiger partial charge in [-0.25, -0.2) is 0 Å². The van der Waals surface area contributed by atoms with Crippen LogP contribution < -0.4 is 4.90 Å². The van der Waals surface area contributed by atoms with Crippen LogP contribution in [0.3, 0.4) is 0 Å². The number of hydrogen-bond acceptors (Lipinski definition) is 5. The number of carbonyl (C=O) groups excluding carboxylic acids is 1. The minimum absolute atomic E-state index is 0.0862. The molecule has 0 unspecified atom stereocenters. The number of halogens is 3. The van der Waals surface area contributed by atoms with Gasteiger partial charge in [0.05, 0.1) is 29.4 Å². The number of alkyl halides is 3. The van der Waals surface area contributed by atoms with E-state index in [9.17, 15) is 23.1 Å². The molecule has 2 saturated heterocycles. The number of rotatable bonds is 3. The lowest BCUT2D eigenvalue weighted by molar-refractivity contribution is -0.137. The number of nitriles is 1. The smallest absolute Gasteiger partial charge is 0.396 e. The lowest BCUT2D eigenvalue weighted by atomic mass is 9.73. The van der Waals surface area contributed by atoms with Gasteiger partial charge in [-0.05, 0) is 36.8 Å². The third kappa shape index (κ3) is 3.83. The van der Waals surface area contributed by atoms with Crippen molar-refractivity contribution in [3.8, 4) is 6.07 Å². The highest BCUT2D eigenvalue weighted by Crippen LogP contribution is 2.45. The summed E-state index contributed by atoms with van der Waals surface area (Å²) >= 11 is 0. The van der Waals surface area contributed by atoms with Crippen molar-refractivity contribution in [1.29, 1.82) is 5.26 Å². The summed E-state index contributed by atoms with van der Waals surface area (Å²) in [6.45, 7) is 1.57. The van der Waals surface area contributed by atoms with E-state index in [0.717, 1.165) is 6.07 Å². The summed E-state index contributed by atoms with van der Waals surface area (Å²) < 4.78 is 40.1. The van der Waals surface area contributed by atoms with Crippen LogP contribution in [0.2, 0.25) is 0 Å². The Kier molecular flexibility index (Phi) is 5.35. The van der Waals surface area contributed by atoms with Crippen molar-refractivity contribution < 1.29 is 23.1 Å². The predicted molar refractivity (Wildman–Crippen MR) is 106 cm³/mol. The van der Waals surface area contributed by atoms with Crippen molar-refractivity contribution in [2.24, 2.45) is 11.3 Å². The monoisotopic (exact) mass is 430 g/mol. The largest absolute Gasteiger partial charge is 0.417 e. The van der Waals surface area contributed by atoms with Crippen LogP contribution in [0.5, 0.6) is 0 Å². The van der Waals surface area contributed by atoms with Crippen molar-refractivity contribution >= 4 is 11.6 Å². The zero-order valence-corrected chi connectivity index (χ0v) is 16.6. The highest BCUT2D eigenvalue weighted by Gasteiger charge is 2.50. The Balaban J connectivity index is 1.58. The van der Waals surface area contributed by atoms with Crippen molar-refractivity contribution in [3.63, 3.8) is 0 Å². The fourth-order valence-corrected chi connectivity index (χ4v) is 4.66. The van der Waals surface area contributed by atoms with Crippen LogP contribution in [-0.4, -0.2) is 53.7 Å². The molecule has 1 amide bonds. The number of anilines is 1. The number of amides is 1. The molecule has 1 N–H and O–H groups in total. The SMILES string of the molecule is N#Cc1ccc(N2C[C@H]3CN(C(=O)c4cccnc4)CC[C@@]3(CO)C2)cc1C(F)(F)F. The van der Waals surface area contributed by atoms with Crippen LogP contribution in [0.4, 0.5) is 18.9 Å². The van der Waals surface area contributed by atoms with Crippen molar-refractivity contribution in [1.82, 2.24) is 9.88 Å². The molecule has 162 valence electrons. The number of aromatic nitrogens is 1. The van der Waals surface area contributed by atoms with Gasteiger partial charge in [-0.1, -0.05) is 0 Å². The Bertz CT molecular complexity index is 1020. The van der Waals surface area contributed by atoms with E-state index in [0.29, 0.717) is 43.9 Å². The summed E-state index contributed by atoms with van der Waals surface area (Å²) in [7, 11) is 0. The molecule has 1 aromatic heterocycles. The van der Waals surface area contributed by atoms with E-state index >= 15 is 0 Å². The van der Waals surface area contributed by atoms with Crippen LogP contribution in [0, 0.1) is 22.7 Å². The normalized spacial score (nSPS) is 23.4. The minimum Gasteiger partial charge on any atom is -0.396 e. The summed E-state index contributed by atoms with van der Waals surface area (Å²) in [6, 6.07) is 8.67. The summed E-state index contributed by atoms with van der Waals surface area (Å²) in [4.78, 5) is 20.3. The van der Waals surface area contributed by atoms with E-state index in [2.05, 4.69) is 4.98 Å². The van der Waals surface area contributed by atoms with Gasteiger partial charge in [0.1, 0.15) is 0 Å². The van der Waals surface area contributed by atoms with E-state index in [4.69, 9.17) is 5.26 Å². The molecule has 1 aromatic carbocycles. The van der Waals surface area contributed by atoms with E-state index in [1.54, 1.807) is 29.3 Å². The second-order valence-corrected chi connectivity index (χ2v) is 8.18. The van der Waals surface area contributed by atoms with Gasteiger partial charge < -0.3 is 14.9 Å². The van der Waals surface area contributed by atoms with Crippen molar-refractivity contribution in [2.45, 2.75) is 12.6 Å². The maximum atomic E-state index is 13.4. The molecule has 2 fully saturated rings. The molecular formula is C22H21F3N4O2. The number of likely N-dealkylation sites (tertiary alicyclic amines) is 1. The van der Waals surface area contributed by atoms with Gasteiger partial charge in [0.2, 0.25) is 0 Å². The Morgan fingerprint density at radius 3 is 2.77 bits per heavy atom. The second-order valence-electron chi connectivity index (χ2n) is 8.18. The van der Waals surface area contributed by atoms with Crippen LogP contribution in [0.15, 0.2) is 42.7 Å². The molecule has 2 atom stereocenters. The van der Waals surface area contributed by atoms with Crippen LogP contribution in [0.1, 0.15) is 27.9 Å². The minimum atomic E-state index is -4.63. The Hall–Kier alpha value is -3.12. The quantitative estimate of drug-likeness (QED) is 0.810. The molecule has 2 aliphatic heterocycles. The fourth-order valence-electron chi connectivity index (χ4n) is 4.66. The standard InChI is InChI=1S/C22H21F3N4O2/c23-22(24,25)19-8-18(4-3-15(19)9-26)29-12-17-11-28(7-5-21(17,13-29)14-30)20(31)16-2-1-6-27-10-16/h1-4,6,8,10,17,30H,5,7,11-14H2/t17-,21+/m1/s1. The van der Waals surface area contributed by atoms with Crippen LogP contribution >= 0.6 is 0 Å². The summed E-state index contributed by atoms with van der Waals surface area (Å²) in [5, 5.41) is 19.2. The first-order valence-electron chi connectivity index (χ1n) is 9.94. The number of hydrogen-bond donors (Lipinski definition) is 1. The fraction of sp³-hybridized carbons (Fsp3) is 0.409. The molecule has 2 aromatic rings. The van der Waals surface area contributed by atoms with Gasteiger partial charge >= 0.3 is 6.18 Å². The number of pyridine rings is 1. The van der Waals surface area contributed by atoms with Crippen LogP contribution in [0.25, 0.3) is 0 Å². The third-order valence-corrected chi connectivity index (χ3v) is 6.44. The molecule has 6 nitrogen and oxygen atoms in total. The van der Waals surface area contributed by atoms with Crippen molar-refractivity contribution in [3.05, 3.63) is 59.4 Å². The van der Waals surface area contributed by atoms with E-state index in [1.807, 2.05) is 4.90 Å². The second kappa shape index (κ2) is 7.85. The van der Waals surface area contributed by atoms with Crippen molar-refractivity contribution in [2.75, 3.05) is 37.7 Å². The lowest BCUT2D eigenvalue weighted by Gasteiger charge is -2.42. The van der Waals surface area contributed by atoms with Gasteiger partial charge in [-0.15, -0.1) is 0 Å². The number of nitrogens with zero attached hydrogens (tertiary/aromatic N) is 4. The molecule has 0 spiro atoms. The van der Waals surface area contributed by atoms with E-state index in [1.165, 1.54) is 18.3 Å². The average molecular weight is 430 g/mol. The van der Waals surface area contributed by atoms with Gasteiger partial charge in [0.15, 0.2) is 0 Å². The Morgan fingerprint density at radius 1 is 1.32 bits per heavy atom. The Labute approximate surface area is 177 Å².